The molecule has 0 aromatic heterocycles. The summed E-state index contributed by atoms with van der Waals surface area (Å²) in [6.07, 6.45) is 19.0. The minimum Gasteiger partial charge on any atom is -0.0839 e. The quantitative estimate of drug-likeness (QED) is 0.537. The Balaban J connectivity index is 1.97. The highest BCUT2D eigenvalue weighted by Crippen LogP contribution is 2.44. The minimum absolute atomic E-state index is 0.753. The van der Waals surface area contributed by atoms with Crippen LogP contribution in [0.1, 0.15) is 25.7 Å². The number of fused-ring (bicyclic) bond motifs is 3. The molecule has 3 rings (SSSR count). The van der Waals surface area contributed by atoms with Crippen LogP contribution in [0.3, 0.4) is 0 Å². The van der Waals surface area contributed by atoms with Gasteiger partial charge in [-0.25, -0.2) is 0 Å². The minimum atomic E-state index is 0.753. The van der Waals surface area contributed by atoms with Crippen LogP contribution in [0.4, 0.5) is 0 Å². The molecule has 1 saturated carbocycles. The molecule has 0 aromatic carbocycles. The van der Waals surface area contributed by atoms with E-state index in [9.17, 15) is 0 Å². The van der Waals surface area contributed by atoms with Crippen molar-refractivity contribution < 1.29 is 0 Å². The summed E-state index contributed by atoms with van der Waals surface area (Å²) < 4.78 is 0. The van der Waals surface area contributed by atoms with Crippen molar-refractivity contribution in [2.75, 3.05) is 0 Å². The number of allylic oxidation sites excluding steroid dienone is 8. The fourth-order valence-electron chi connectivity index (χ4n) is 3.00. The number of hydrogen-bond donors (Lipinski definition) is 0. The molecule has 0 spiro atoms. The molecule has 0 aromatic rings. The molecule has 0 heterocycles. The van der Waals surface area contributed by atoms with E-state index in [-0.39, 0.29) is 0 Å². The first-order valence-electron chi connectivity index (χ1n) is 5.67. The summed E-state index contributed by atoms with van der Waals surface area (Å²) in [4.78, 5) is 0. The van der Waals surface area contributed by atoms with Crippen LogP contribution in [0.5, 0.6) is 0 Å². The lowest BCUT2D eigenvalue weighted by molar-refractivity contribution is 0.439. The molecular weight excluding hydrogens is 168 g/mol. The standard InChI is InChI=1S/C14H16/c1-3-7-13-11(5-1)9-10-12-6-2-4-8-14(12)13/h1-5,8,12-13H,6-7,9-10H2. The first-order chi connectivity index (χ1) is 6.95. The summed E-state index contributed by atoms with van der Waals surface area (Å²) in [6.45, 7) is 0. The van der Waals surface area contributed by atoms with Gasteiger partial charge in [-0.2, -0.15) is 0 Å². The highest BCUT2D eigenvalue weighted by molar-refractivity contribution is 5.37. The Kier molecular flexibility index (Phi) is 1.93. The van der Waals surface area contributed by atoms with Gasteiger partial charge in [0.05, 0.1) is 0 Å². The Bertz CT molecular complexity index is 352. The van der Waals surface area contributed by atoms with Crippen molar-refractivity contribution in [3.8, 4) is 0 Å². The second-order valence-electron chi connectivity index (χ2n) is 4.52. The van der Waals surface area contributed by atoms with Gasteiger partial charge in [-0.05, 0) is 31.6 Å². The summed E-state index contributed by atoms with van der Waals surface area (Å²) in [5.41, 5.74) is 3.37. The third-order valence-corrected chi connectivity index (χ3v) is 3.77. The molecule has 0 bridgehead atoms. The smallest absolute Gasteiger partial charge is 0.00507 e. The molecule has 2 unspecified atom stereocenters. The van der Waals surface area contributed by atoms with Gasteiger partial charge in [-0.3, -0.25) is 0 Å². The van der Waals surface area contributed by atoms with Crippen LogP contribution in [0.25, 0.3) is 0 Å². The Morgan fingerprint density at radius 3 is 2.86 bits per heavy atom. The maximum absolute atomic E-state index is 2.37. The molecule has 0 saturated heterocycles. The summed E-state index contributed by atoms with van der Waals surface area (Å²) in [7, 11) is 0. The first kappa shape index (κ1) is 8.28. The maximum Gasteiger partial charge on any atom is 0.00507 e. The largest absolute Gasteiger partial charge is 0.0839 e. The van der Waals surface area contributed by atoms with Gasteiger partial charge in [0.1, 0.15) is 0 Å². The predicted molar refractivity (Wildman–Crippen MR) is 59.9 cm³/mol. The van der Waals surface area contributed by atoms with E-state index >= 15 is 0 Å². The molecule has 0 radical (unpaired) electrons. The van der Waals surface area contributed by atoms with E-state index in [0.29, 0.717) is 0 Å². The second kappa shape index (κ2) is 3.27. The van der Waals surface area contributed by atoms with Crippen molar-refractivity contribution in [2.24, 2.45) is 11.8 Å². The molecule has 14 heavy (non-hydrogen) atoms. The zero-order valence-corrected chi connectivity index (χ0v) is 8.45. The summed E-state index contributed by atoms with van der Waals surface area (Å²) in [6, 6.07) is 0. The van der Waals surface area contributed by atoms with E-state index in [0.717, 1.165) is 11.8 Å². The van der Waals surface area contributed by atoms with E-state index in [4.69, 9.17) is 0 Å². The maximum atomic E-state index is 2.37. The zero-order valence-electron chi connectivity index (χ0n) is 8.45. The molecule has 72 valence electrons. The second-order valence-corrected chi connectivity index (χ2v) is 4.52. The van der Waals surface area contributed by atoms with Gasteiger partial charge in [0.2, 0.25) is 0 Å². The van der Waals surface area contributed by atoms with Crippen molar-refractivity contribution >= 4 is 0 Å². The summed E-state index contributed by atoms with van der Waals surface area (Å²) in [5, 5.41) is 0. The highest BCUT2D eigenvalue weighted by atomic mass is 14.3. The van der Waals surface area contributed by atoms with Crippen LogP contribution in [0.15, 0.2) is 47.6 Å². The average molecular weight is 184 g/mol. The zero-order chi connectivity index (χ0) is 9.38. The molecular formula is C14H16. The molecule has 3 aliphatic carbocycles. The van der Waals surface area contributed by atoms with E-state index in [1.165, 1.54) is 25.7 Å². The normalized spacial score (nSPS) is 34.3. The van der Waals surface area contributed by atoms with Crippen molar-refractivity contribution in [1.29, 1.82) is 0 Å². The van der Waals surface area contributed by atoms with Crippen LogP contribution < -0.4 is 0 Å². The molecule has 0 amide bonds. The van der Waals surface area contributed by atoms with Crippen LogP contribution >= 0.6 is 0 Å². The summed E-state index contributed by atoms with van der Waals surface area (Å²) >= 11 is 0. The number of rotatable bonds is 0. The Morgan fingerprint density at radius 2 is 1.86 bits per heavy atom. The van der Waals surface area contributed by atoms with Crippen LogP contribution in [-0.4, -0.2) is 0 Å². The number of hydrogen-bond acceptors (Lipinski definition) is 0. The van der Waals surface area contributed by atoms with E-state index in [1.807, 2.05) is 0 Å². The van der Waals surface area contributed by atoms with E-state index < -0.39 is 0 Å². The van der Waals surface area contributed by atoms with Crippen molar-refractivity contribution in [1.82, 2.24) is 0 Å². The lowest BCUT2D eigenvalue weighted by Gasteiger charge is -2.36. The van der Waals surface area contributed by atoms with Crippen molar-refractivity contribution in [3.63, 3.8) is 0 Å². The van der Waals surface area contributed by atoms with Gasteiger partial charge in [-0.1, -0.05) is 47.6 Å². The van der Waals surface area contributed by atoms with Crippen molar-refractivity contribution in [3.05, 3.63) is 47.6 Å². The molecule has 1 fully saturated rings. The molecule has 0 nitrogen and oxygen atoms in total. The fourth-order valence-corrected chi connectivity index (χ4v) is 3.00. The van der Waals surface area contributed by atoms with E-state index in [1.54, 1.807) is 11.1 Å². The Hall–Kier alpha value is -1.04. The molecule has 2 atom stereocenters. The first-order valence-corrected chi connectivity index (χ1v) is 5.67. The molecule has 3 aliphatic rings. The van der Waals surface area contributed by atoms with Gasteiger partial charge in [0.15, 0.2) is 0 Å². The lowest BCUT2D eigenvalue weighted by Crippen LogP contribution is -2.23. The van der Waals surface area contributed by atoms with Gasteiger partial charge >= 0.3 is 0 Å². The third-order valence-electron chi connectivity index (χ3n) is 3.77. The lowest BCUT2D eigenvalue weighted by atomic mass is 9.69. The van der Waals surface area contributed by atoms with E-state index in [2.05, 4.69) is 36.5 Å². The van der Waals surface area contributed by atoms with Gasteiger partial charge in [0, 0.05) is 5.92 Å². The summed E-state index contributed by atoms with van der Waals surface area (Å²) in [5.74, 6) is 1.61. The fraction of sp³-hybridized carbons (Fsp3) is 0.429. The Morgan fingerprint density at radius 1 is 1.00 bits per heavy atom. The van der Waals surface area contributed by atoms with Crippen LogP contribution in [0, 0.1) is 11.8 Å². The Labute approximate surface area is 85.7 Å². The highest BCUT2D eigenvalue weighted by Gasteiger charge is 2.30. The van der Waals surface area contributed by atoms with Gasteiger partial charge in [0.25, 0.3) is 0 Å². The average Bonchev–Trinajstić information content (AvgIpc) is 2.29. The SMILES string of the molecule is C1=CCC2CCC3=CC=CCC3C2=C1. The van der Waals surface area contributed by atoms with Gasteiger partial charge in [-0.15, -0.1) is 0 Å². The third kappa shape index (κ3) is 1.21. The molecule has 0 aliphatic heterocycles. The van der Waals surface area contributed by atoms with Crippen LogP contribution in [-0.2, 0) is 0 Å². The predicted octanol–water partition coefficient (Wildman–Crippen LogP) is 3.79. The molecule has 0 heteroatoms. The van der Waals surface area contributed by atoms with Gasteiger partial charge < -0.3 is 0 Å². The van der Waals surface area contributed by atoms with Crippen LogP contribution in [0.2, 0.25) is 0 Å². The molecule has 0 N–H and O–H groups in total. The topological polar surface area (TPSA) is 0 Å². The monoisotopic (exact) mass is 184 g/mol. The van der Waals surface area contributed by atoms with Crippen molar-refractivity contribution in [2.45, 2.75) is 25.7 Å².